The highest BCUT2D eigenvalue weighted by Crippen LogP contribution is 2.40. The van der Waals surface area contributed by atoms with Crippen molar-refractivity contribution in [1.29, 1.82) is 0 Å². The molecule has 3 atom stereocenters. The zero-order valence-corrected chi connectivity index (χ0v) is 9.99. The summed E-state index contributed by atoms with van der Waals surface area (Å²) in [5.41, 5.74) is 4.07. The molecule has 1 aromatic carbocycles. The minimum Gasteiger partial charge on any atom is -0.355 e. The summed E-state index contributed by atoms with van der Waals surface area (Å²) in [5, 5.41) is 3.43. The van der Waals surface area contributed by atoms with Crippen LogP contribution in [0.15, 0.2) is 18.2 Å². The number of aryl methyl sites for hydroxylation is 2. The van der Waals surface area contributed by atoms with Crippen LogP contribution in [0, 0.1) is 19.8 Å². The molecule has 2 fully saturated rings. The Balaban J connectivity index is 1.85. The zero-order chi connectivity index (χ0) is 11.1. The fourth-order valence-corrected chi connectivity index (χ4v) is 2.94. The van der Waals surface area contributed by atoms with E-state index >= 15 is 0 Å². The van der Waals surface area contributed by atoms with E-state index in [0.717, 1.165) is 12.5 Å². The summed E-state index contributed by atoms with van der Waals surface area (Å²) >= 11 is 0. The smallest absolute Gasteiger partial charge is 0.111 e. The minimum atomic E-state index is 0.308. The SMILES string of the molecule is Cc1ccc(C)c(C2CC3CCNC3O2)c1. The zero-order valence-electron chi connectivity index (χ0n) is 9.99. The van der Waals surface area contributed by atoms with Crippen LogP contribution >= 0.6 is 0 Å². The molecule has 2 aliphatic rings. The molecule has 0 aliphatic carbocycles. The normalized spacial score (nSPS) is 33.0. The molecule has 0 radical (unpaired) electrons. The molecule has 2 saturated heterocycles. The molecule has 0 amide bonds. The molecule has 16 heavy (non-hydrogen) atoms. The van der Waals surface area contributed by atoms with Gasteiger partial charge in [0.15, 0.2) is 0 Å². The largest absolute Gasteiger partial charge is 0.355 e. The second kappa shape index (κ2) is 3.86. The van der Waals surface area contributed by atoms with Crippen LogP contribution in [0.1, 0.15) is 35.6 Å². The van der Waals surface area contributed by atoms with Gasteiger partial charge in [-0.15, -0.1) is 0 Å². The summed E-state index contributed by atoms with van der Waals surface area (Å²) in [6, 6.07) is 6.66. The first-order valence-corrected chi connectivity index (χ1v) is 6.20. The standard InChI is InChI=1S/C14H19NO/c1-9-3-4-10(2)12(7-9)13-8-11-5-6-15-14(11)16-13/h3-4,7,11,13-15H,5-6,8H2,1-2H3. The van der Waals surface area contributed by atoms with Crippen LogP contribution in [0.5, 0.6) is 0 Å². The minimum absolute atomic E-state index is 0.308. The number of fused-ring (bicyclic) bond motifs is 1. The number of benzene rings is 1. The Labute approximate surface area is 97.0 Å². The summed E-state index contributed by atoms with van der Waals surface area (Å²) in [6.45, 7) is 5.45. The van der Waals surface area contributed by atoms with Crippen molar-refractivity contribution in [2.45, 2.75) is 39.0 Å². The number of nitrogens with one attached hydrogen (secondary N) is 1. The van der Waals surface area contributed by atoms with Gasteiger partial charge in [0.25, 0.3) is 0 Å². The van der Waals surface area contributed by atoms with Crippen LogP contribution in [0.2, 0.25) is 0 Å². The van der Waals surface area contributed by atoms with E-state index in [-0.39, 0.29) is 0 Å². The number of hydrogen-bond donors (Lipinski definition) is 1. The first kappa shape index (κ1) is 10.3. The maximum Gasteiger partial charge on any atom is 0.111 e. The van der Waals surface area contributed by atoms with Crippen molar-refractivity contribution >= 4 is 0 Å². The van der Waals surface area contributed by atoms with E-state index < -0.39 is 0 Å². The van der Waals surface area contributed by atoms with Gasteiger partial charge in [0, 0.05) is 5.92 Å². The Morgan fingerprint density at radius 1 is 1.31 bits per heavy atom. The van der Waals surface area contributed by atoms with Gasteiger partial charge < -0.3 is 4.74 Å². The average Bonchev–Trinajstić information content (AvgIpc) is 2.81. The average molecular weight is 217 g/mol. The first-order chi connectivity index (χ1) is 7.74. The summed E-state index contributed by atoms with van der Waals surface area (Å²) in [6.07, 6.45) is 3.07. The molecule has 1 N–H and O–H groups in total. The van der Waals surface area contributed by atoms with E-state index in [1.54, 1.807) is 0 Å². The fourth-order valence-electron chi connectivity index (χ4n) is 2.94. The van der Waals surface area contributed by atoms with E-state index in [4.69, 9.17) is 4.74 Å². The highest BCUT2D eigenvalue weighted by molar-refractivity contribution is 5.32. The lowest BCUT2D eigenvalue weighted by Gasteiger charge is -2.16. The molecule has 0 bridgehead atoms. The topological polar surface area (TPSA) is 21.3 Å². The van der Waals surface area contributed by atoms with Gasteiger partial charge in [0.2, 0.25) is 0 Å². The fraction of sp³-hybridized carbons (Fsp3) is 0.571. The van der Waals surface area contributed by atoms with E-state index in [0.29, 0.717) is 12.3 Å². The third-order valence-corrected chi connectivity index (χ3v) is 3.90. The molecule has 2 aliphatic heterocycles. The maximum atomic E-state index is 6.10. The van der Waals surface area contributed by atoms with Crippen molar-refractivity contribution in [1.82, 2.24) is 5.32 Å². The predicted molar refractivity (Wildman–Crippen MR) is 64.3 cm³/mol. The summed E-state index contributed by atoms with van der Waals surface area (Å²) in [5.74, 6) is 0.727. The molecule has 0 aromatic heterocycles. The Bertz CT molecular complexity index is 390. The highest BCUT2D eigenvalue weighted by Gasteiger charge is 2.39. The van der Waals surface area contributed by atoms with E-state index in [1.165, 1.54) is 29.5 Å². The van der Waals surface area contributed by atoms with Gasteiger partial charge >= 0.3 is 0 Å². The molecule has 2 nitrogen and oxygen atoms in total. The number of ether oxygens (including phenoxy) is 1. The lowest BCUT2D eigenvalue weighted by atomic mass is 9.95. The van der Waals surface area contributed by atoms with E-state index in [9.17, 15) is 0 Å². The Hall–Kier alpha value is -0.860. The molecule has 2 heteroatoms. The van der Waals surface area contributed by atoms with Crippen LogP contribution < -0.4 is 5.32 Å². The van der Waals surface area contributed by atoms with E-state index in [2.05, 4.69) is 37.4 Å². The summed E-state index contributed by atoms with van der Waals surface area (Å²) in [7, 11) is 0. The molecule has 0 saturated carbocycles. The lowest BCUT2D eigenvalue weighted by molar-refractivity contribution is 0.0269. The van der Waals surface area contributed by atoms with Crippen LogP contribution in [0.25, 0.3) is 0 Å². The van der Waals surface area contributed by atoms with Crippen molar-refractivity contribution < 1.29 is 4.74 Å². The monoisotopic (exact) mass is 217 g/mol. The summed E-state index contributed by atoms with van der Waals surface area (Å²) < 4.78 is 6.10. The molecule has 3 rings (SSSR count). The molecule has 3 unspecified atom stereocenters. The van der Waals surface area contributed by atoms with Gasteiger partial charge in [0.1, 0.15) is 6.23 Å². The number of rotatable bonds is 1. The molecule has 86 valence electrons. The second-order valence-corrected chi connectivity index (χ2v) is 5.14. The Morgan fingerprint density at radius 2 is 2.19 bits per heavy atom. The molecule has 2 heterocycles. The van der Waals surface area contributed by atoms with Crippen molar-refractivity contribution in [3.63, 3.8) is 0 Å². The third kappa shape index (κ3) is 1.66. The van der Waals surface area contributed by atoms with Gasteiger partial charge in [-0.1, -0.05) is 23.8 Å². The Kier molecular flexibility index (Phi) is 2.49. The molecule has 1 aromatic rings. The quantitative estimate of drug-likeness (QED) is 0.781. The number of hydrogen-bond acceptors (Lipinski definition) is 2. The molecular weight excluding hydrogens is 198 g/mol. The van der Waals surface area contributed by atoms with Gasteiger partial charge in [0.05, 0.1) is 6.10 Å². The van der Waals surface area contributed by atoms with Gasteiger partial charge in [-0.2, -0.15) is 0 Å². The summed E-state index contributed by atoms with van der Waals surface area (Å²) in [4.78, 5) is 0. The van der Waals surface area contributed by atoms with Gasteiger partial charge in [-0.3, -0.25) is 5.32 Å². The van der Waals surface area contributed by atoms with Crippen LogP contribution in [-0.2, 0) is 4.74 Å². The van der Waals surface area contributed by atoms with Crippen LogP contribution in [0.4, 0.5) is 0 Å². The van der Waals surface area contributed by atoms with E-state index in [1.807, 2.05) is 0 Å². The Morgan fingerprint density at radius 3 is 3.00 bits per heavy atom. The van der Waals surface area contributed by atoms with Crippen molar-refractivity contribution in [2.75, 3.05) is 6.54 Å². The van der Waals surface area contributed by atoms with Crippen molar-refractivity contribution in [3.8, 4) is 0 Å². The van der Waals surface area contributed by atoms with Crippen LogP contribution in [-0.4, -0.2) is 12.8 Å². The predicted octanol–water partition coefficient (Wildman–Crippen LogP) is 2.70. The maximum absolute atomic E-state index is 6.10. The molecule has 0 spiro atoms. The lowest BCUT2D eigenvalue weighted by Crippen LogP contribution is -2.24. The van der Waals surface area contributed by atoms with Gasteiger partial charge in [-0.25, -0.2) is 0 Å². The van der Waals surface area contributed by atoms with Crippen molar-refractivity contribution in [3.05, 3.63) is 34.9 Å². The van der Waals surface area contributed by atoms with Crippen molar-refractivity contribution in [2.24, 2.45) is 5.92 Å². The third-order valence-electron chi connectivity index (χ3n) is 3.90. The highest BCUT2D eigenvalue weighted by atomic mass is 16.5. The molecular formula is C14H19NO. The first-order valence-electron chi connectivity index (χ1n) is 6.20. The van der Waals surface area contributed by atoms with Gasteiger partial charge in [-0.05, 0) is 44.4 Å². The van der Waals surface area contributed by atoms with Crippen LogP contribution in [0.3, 0.4) is 0 Å². The second-order valence-electron chi connectivity index (χ2n) is 5.14.